The molecule has 0 bridgehead atoms. The Bertz CT molecular complexity index is 1500. The molecule has 0 radical (unpaired) electrons. The van der Waals surface area contributed by atoms with E-state index in [1.165, 1.54) is 18.6 Å². The first-order valence-electron chi connectivity index (χ1n) is 12.9. The number of halogens is 3. The van der Waals surface area contributed by atoms with Crippen molar-refractivity contribution in [1.82, 2.24) is 4.90 Å². The number of piperidine rings is 1. The lowest BCUT2D eigenvalue weighted by molar-refractivity contribution is 0.0723. The second kappa shape index (κ2) is 12.2. The van der Waals surface area contributed by atoms with Gasteiger partial charge in [-0.2, -0.15) is 0 Å². The molecule has 4 aromatic rings. The summed E-state index contributed by atoms with van der Waals surface area (Å²) in [6.45, 7) is 4.26. The molecule has 1 aliphatic heterocycles. The molecule has 4 nitrogen and oxygen atoms in total. The highest BCUT2D eigenvalue weighted by atomic mass is 127. The van der Waals surface area contributed by atoms with Crippen LogP contribution in [0, 0.1) is 13.0 Å². The minimum absolute atomic E-state index is 0.0623. The number of ether oxygens (including phenoxy) is 1. The van der Waals surface area contributed by atoms with Gasteiger partial charge in [-0.25, -0.2) is 4.39 Å². The first-order chi connectivity index (χ1) is 18.4. The van der Waals surface area contributed by atoms with Gasteiger partial charge in [-0.15, -0.1) is 0 Å². The van der Waals surface area contributed by atoms with Gasteiger partial charge in [-0.1, -0.05) is 31.2 Å². The molecule has 0 N–H and O–H groups in total. The summed E-state index contributed by atoms with van der Waals surface area (Å²) >= 11 is 4.41. The molecule has 1 fully saturated rings. The van der Waals surface area contributed by atoms with Crippen molar-refractivity contribution >= 4 is 74.2 Å². The number of benzene rings is 3. The molecule has 1 aromatic heterocycles. The Morgan fingerprint density at radius 2 is 1.84 bits per heavy atom. The quantitative estimate of drug-likeness (QED) is 0.141. The predicted molar refractivity (Wildman–Crippen MR) is 168 cm³/mol. The van der Waals surface area contributed by atoms with Crippen molar-refractivity contribution in [2.24, 2.45) is 0 Å². The summed E-state index contributed by atoms with van der Waals surface area (Å²) in [7, 11) is 0. The molecular formula is C31H28FI2NO3. The van der Waals surface area contributed by atoms with E-state index in [0.717, 1.165) is 67.3 Å². The third-order valence-corrected chi connectivity index (χ3v) is 8.39. The maximum Gasteiger partial charge on any atom is 0.254 e. The molecule has 0 aliphatic carbocycles. The molecule has 1 saturated heterocycles. The van der Waals surface area contributed by atoms with Gasteiger partial charge in [0.05, 0.1) is 15.7 Å². The van der Waals surface area contributed by atoms with Crippen LogP contribution in [-0.4, -0.2) is 30.5 Å². The van der Waals surface area contributed by atoms with E-state index >= 15 is 0 Å². The number of hydrogen-bond donors (Lipinski definition) is 0. The molecule has 196 valence electrons. The van der Waals surface area contributed by atoms with Gasteiger partial charge in [-0.05, 0) is 119 Å². The largest absolute Gasteiger partial charge is 0.493 e. The minimum atomic E-state index is -0.273. The molecular weight excluding hydrogens is 707 g/mol. The van der Waals surface area contributed by atoms with E-state index < -0.39 is 0 Å². The van der Waals surface area contributed by atoms with Gasteiger partial charge in [0.15, 0.2) is 0 Å². The zero-order valence-electron chi connectivity index (χ0n) is 21.1. The van der Waals surface area contributed by atoms with Crippen molar-refractivity contribution in [2.75, 3.05) is 19.7 Å². The molecule has 0 unspecified atom stereocenters. The second-order valence-corrected chi connectivity index (χ2v) is 11.7. The Hall–Kier alpha value is -2.40. The van der Waals surface area contributed by atoms with Crippen molar-refractivity contribution in [3.8, 4) is 17.1 Å². The van der Waals surface area contributed by atoms with E-state index in [0.29, 0.717) is 23.5 Å². The van der Waals surface area contributed by atoms with Crippen molar-refractivity contribution in [3.63, 3.8) is 0 Å². The van der Waals surface area contributed by atoms with Gasteiger partial charge in [-0.3, -0.25) is 4.79 Å². The molecule has 0 atom stereocenters. The van der Waals surface area contributed by atoms with Crippen LogP contribution in [-0.2, 0) is 0 Å². The van der Waals surface area contributed by atoms with Gasteiger partial charge < -0.3 is 14.1 Å². The first-order valence-corrected chi connectivity index (χ1v) is 15.0. The summed E-state index contributed by atoms with van der Waals surface area (Å²) in [5.74, 6) is 1.21. The summed E-state index contributed by atoms with van der Waals surface area (Å²) in [4.78, 5) is 15.4. The van der Waals surface area contributed by atoms with Crippen LogP contribution in [0.3, 0.4) is 0 Å². The molecule has 0 spiro atoms. The van der Waals surface area contributed by atoms with E-state index in [1.807, 2.05) is 53.5 Å². The highest BCUT2D eigenvalue weighted by molar-refractivity contribution is 14.1. The summed E-state index contributed by atoms with van der Waals surface area (Å²) in [6, 6.07) is 16.7. The van der Waals surface area contributed by atoms with Gasteiger partial charge >= 0.3 is 0 Å². The van der Waals surface area contributed by atoms with Crippen LogP contribution < -0.4 is 4.74 Å². The maximum absolute atomic E-state index is 13.8. The molecule has 38 heavy (non-hydrogen) atoms. The van der Waals surface area contributed by atoms with E-state index in [2.05, 4.69) is 58.2 Å². The Balaban J connectivity index is 1.46. The number of nitrogens with zero attached hydrogens (tertiary/aromatic N) is 1. The molecule has 1 amide bonds. The van der Waals surface area contributed by atoms with Crippen LogP contribution in [0.2, 0.25) is 0 Å². The SMILES string of the molecule is CCCOc1cccc(C(=O)N2CCCCC2)c1C=Cc1ccc(-c2cc3cc(F)cc(I)c3o2)cc1I. The highest BCUT2D eigenvalue weighted by Crippen LogP contribution is 2.33. The number of rotatable bonds is 7. The summed E-state index contributed by atoms with van der Waals surface area (Å²) in [5.41, 5.74) is 4.12. The Morgan fingerprint density at radius 3 is 2.61 bits per heavy atom. The molecule has 2 heterocycles. The number of carbonyl (C=O) groups excluding carboxylic acids is 1. The standard InChI is InChI=1S/C31H28FI2NO3/c1-2-15-37-28-8-6-7-25(31(36)35-13-4-3-5-14-35)24(28)12-11-20-9-10-21(17-26(20)33)29-18-22-16-23(32)19-27(34)30(22)38-29/h6-12,16-19H,2-5,13-15H2,1H3. The monoisotopic (exact) mass is 735 g/mol. The molecule has 1 aliphatic rings. The van der Waals surface area contributed by atoms with Gasteiger partial charge in [0.1, 0.15) is 22.9 Å². The van der Waals surface area contributed by atoms with E-state index in [-0.39, 0.29) is 11.7 Å². The van der Waals surface area contributed by atoms with Crippen LogP contribution in [0.15, 0.2) is 59.0 Å². The minimum Gasteiger partial charge on any atom is -0.493 e. The molecule has 0 saturated carbocycles. The average Bonchev–Trinajstić information content (AvgIpc) is 3.36. The van der Waals surface area contributed by atoms with Crippen LogP contribution in [0.5, 0.6) is 5.75 Å². The Morgan fingerprint density at radius 1 is 1.03 bits per heavy atom. The number of furan rings is 1. The predicted octanol–water partition coefficient (Wildman–Crippen LogP) is 9.03. The normalized spacial score (nSPS) is 13.9. The Kier molecular flexibility index (Phi) is 8.72. The molecule has 3 aromatic carbocycles. The summed E-state index contributed by atoms with van der Waals surface area (Å²) < 4.78 is 27.7. The smallest absolute Gasteiger partial charge is 0.254 e. The van der Waals surface area contributed by atoms with E-state index in [1.54, 1.807) is 0 Å². The number of amides is 1. The molecule has 5 rings (SSSR count). The molecule has 7 heteroatoms. The van der Waals surface area contributed by atoms with Crippen LogP contribution >= 0.6 is 45.2 Å². The summed E-state index contributed by atoms with van der Waals surface area (Å²) in [6.07, 6.45) is 8.18. The second-order valence-electron chi connectivity index (χ2n) is 9.40. The van der Waals surface area contributed by atoms with Gasteiger partial charge in [0, 0.05) is 33.2 Å². The van der Waals surface area contributed by atoms with Crippen molar-refractivity contribution in [2.45, 2.75) is 32.6 Å². The van der Waals surface area contributed by atoms with Crippen molar-refractivity contribution in [1.29, 1.82) is 0 Å². The number of likely N-dealkylation sites (tertiary alicyclic amines) is 1. The highest BCUT2D eigenvalue weighted by Gasteiger charge is 2.22. The topological polar surface area (TPSA) is 42.7 Å². The van der Waals surface area contributed by atoms with Gasteiger partial charge in [0.25, 0.3) is 5.91 Å². The van der Waals surface area contributed by atoms with E-state index in [4.69, 9.17) is 9.15 Å². The number of fused-ring (bicyclic) bond motifs is 1. The van der Waals surface area contributed by atoms with Crippen molar-refractivity contribution in [3.05, 3.63) is 84.2 Å². The fourth-order valence-corrected chi connectivity index (χ4v) is 6.13. The number of carbonyl (C=O) groups is 1. The van der Waals surface area contributed by atoms with Crippen LogP contribution in [0.25, 0.3) is 34.4 Å². The fourth-order valence-electron chi connectivity index (χ4n) is 4.71. The third-order valence-electron chi connectivity index (χ3n) is 6.65. The van der Waals surface area contributed by atoms with Crippen LogP contribution in [0.1, 0.15) is 54.1 Å². The maximum atomic E-state index is 13.8. The van der Waals surface area contributed by atoms with E-state index in [9.17, 15) is 9.18 Å². The lowest BCUT2D eigenvalue weighted by Crippen LogP contribution is -2.36. The average molecular weight is 735 g/mol. The van der Waals surface area contributed by atoms with Crippen molar-refractivity contribution < 1.29 is 18.3 Å². The fraction of sp³-hybridized carbons (Fsp3) is 0.258. The third kappa shape index (κ3) is 5.93. The number of hydrogen-bond acceptors (Lipinski definition) is 3. The zero-order valence-corrected chi connectivity index (χ0v) is 25.4. The first kappa shape index (κ1) is 27.2. The van der Waals surface area contributed by atoms with Crippen LogP contribution in [0.4, 0.5) is 4.39 Å². The lowest BCUT2D eigenvalue weighted by Gasteiger charge is -2.27. The zero-order chi connectivity index (χ0) is 26.6. The van der Waals surface area contributed by atoms with Gasteiger partial charge in [0.2, 0.25) is 0 Å². The summed E-state index contributed by atoms with van der Waals surface area (Å²) in [5, 5.41) is 0.748. The lowest BCUT2D eigenvalue weighted by atomic mass is 10.0. The Labute approximate surface area is 249 Å².